The maximum Gasteiger partial charge on any atom is 0.253 e. The van der Waals surface area contributed by atoms with Gasteiger partial charge < -0.3 is 9.80 Å². The molecule has 7 heteroatoms. The summed E-state index contributed by atoms with van der Waals surface area (Å²) >= 11 is 6.25. The quantitative estimate of drug-likeness (QED) is 0.802. The molecule has 2 aromatic rings. The Kier molecular flexibility index (Phi) is 5.53. The summed E-state index contributed by atoms with van der Waals surface area (Å²) in [5.41, 5.74) is 2.26. The fraction of sp³-hybridized carbons (Fsp3) is 0.316. The smallest absolute Gasteiger partial charge is 0.253 e. The van der Waals surface area contributed by atoms with E-state index in [2.05, 4.69) is 4.90 Å². The minimum absolute atomic E-state index is 0.0159. The molecule has 1 fully saturated rings. The van der Waals surface area contributed by atoms with Gasteiger partial charge in [0.25, 0.3) is 5.91 Å². The summed E-state index contributed by atoms with van der Waals surface area (Å²) in [6, 6.07) is 14.5. The van der Waals surface area contributed by atoms with Gasteiger partial charge in [-0.05, 0) is 29.8 Å². The van der Waals surface area contributed by atoms with Crippen molar-refractivity contribution >= 4 is 33.0 Å². The van der Waals surface area contributed by atoms with Crippen LogP contribution in [-0.4, -0.2) is 51.7 Å². The van der Waals surface area contributed by atoms with Gasteiger partial charge in [0.2, 0.25) is 0 Å². The Hall–Kier alpha value is -2.05. The van der Waals surface area contributed by atoms with Crippen molar-refractivity contribution in [3.63, 3.8) is 0 Å². The summed E-state index contributed by atoms with van der Waals surface area (Å²) in [5.74, 6) is -0.0486. The van der Waals surface area contributed by atoms with E-state index in [4.69, 9.17) is 11.6 Å². The lowest BCUT2D eigenvalue weighted by atomic mass is 10.1. The summed E-state index contributed by atoms with van der Waals surface area (Å²) in [6.45, 7) is 2.69. The molecule has 0 aliphatic carbocycles. The van der Waals surface area contributed by atoms with Gasteiger partial charge in [-0.15, -0.1) is 0 Å². The number of amides is 1. The Balaban J connectivity index is 1.62. The molecular formula is C19H21ClN2O3S. The predicted molar refractivity (Wildman–Crippen MR) is 105 cm³/mol. The van der Waals surface area contributed by atoms with Crippen molar-refractivity contribution in [2.24, 2.45) is 0 Å². The number of anilines is 1. The number of para-hydroxylation sites is 1. The zero-order chi connectivity index (χ0) is 18.7. The van der Waals surface area contributed by atoms with E-state index in [0.29, 0.717) is 29.2 Å². The van der Waals surface area contributed by atoms with Crippen LogP contribution in [0.15, 0.2) is 48.5 Å². The van der Waals surface area contributed by atoms with E-state index in [1.807, 2.05) is 29.2 Å². The van der Waals surface area contributed by atoms with Crippen LogP contribution < -0.4 is 4.90 Å². The third-order valence-corrected chi connectivity index (χ3v) is 5.57. The molecule has 138 valence electrons. The minimum Gasteiger partial charge on any atom is -0.367 e. The number of halogens is 1. The first-order valence-corrected chi connectivity index (χ1v) is 10.8. The zero-order valence-electron chi connectivity index (χ0n) is 14.6. The van der Waals surface area contributed by atoms with Crippen molar-refractivity contribution in [2.45, 2.75) is 5.75 Å². The molecule has 0 unspecified atom stereocenters. The molecule has 3 rings (SSSR count). The highest BCUT2D eigenvalue weighted by Crippen LogP contribution is 2.26. The predicted octanol–water partition coefficient (Wildman–Crippen LogP) is 2.85. The van der Waals surface area contributed by atoms with E-state index in [1.54, 1.807) is 24.3 Å². The number of piperazine rings is 1. The first-order chi connectivity index (χ1) is 12.3. The van der Waals surface area contributed by atoms with Gasteiger partial charge in [0.05, 0.1) is 16.5 Å². The molecule has 0 radical (unpaired) electrons. The van der Waals surface area contributed by atoms with E-state index < -0.39 is 9.84 Å². The second-order valence-corrected chi connectivity index (χ2v) is 9.05. The van der Waals surface area contributed by atoms with E-state index in [-0.39, 0.29) is 11.7 Å². The van der Waals surface area contributed by atoms with Gasteiger partial charge in [-0.25, -0.2) is 8.42 Å². The second-order valence-electron chi connectivity index (χ2n) is 6.50. The largest absolute Gasteiger partial charge is 0.367 e. The topological polar surface area (TPSA) is 57.7 Å². The van der Waals surface area contributed by atoms with Crippen molar-refractivity contribution in [2.75, 3.05) is 37.3 Å². The number of carbonyl (C=O) groups excluding carboxylic acids is 1. The third kappa shape index (κ3) is 4.56. The van der Waals surface area contributed by atoms with Crippen LogP contribution in [0, 0.1) is 0 Å². The summed E-state index contributed by atoms with van der Waals surface area (Å²) in [7, 11) is -3.08. The van der Waals surface area contributed by atoms with Crippen molar-refractivity contribution in [1.29, 1.82) is 0 Å². The molecule has 0 aromatic heterocycles. The monoisotopic (exact) mass is 392 g/mol. The minimum atomic E-state index is -3.08. The Morgan fingerprint density at radius 2 is 1.62 bits per heavy atom. The molecule has 0 spiro atoms. The Morgan fingerprint density at radius 3 is 2.19 bits per heavy atom. The van der Waals surface area contributed by atoms with Crippen LogP contribution in [0.25, 0.3) is 0 Å². The standard InChI is InChI=1S/C19H21ClN2O3S/c1-26(24,25)14-15-6-8-16(9-7-15)19(23)22-12-10-21(11-13-22)18-5-3-2-4-17(18)20/h2-9H,10-14H2,1H3. The Morgan fingerprint density at radius 1 is 1.00 bits per heavy atom. The Bertz CT molecular complexity index is 889. The van der Waals surface area contributed by atoms with Gasteiger partial charge in [0, 0.05) is 38.0 Å². The normalized spacial score (nSPS) is 15.2. The van der Waals surface area contributed by atoms with Crippen LogP contribution >= 0.6 is 11.6 Å². The molecule has 1 amide bonds. The van der Waals surface area contributed by atoms with Gasteiger partial charge in [-0.1, -0.05) is 35.9 Å². The van der Waals surface area contributed by atoms with Crippen molar-refractivity contribution < 1.29 is 13.2 Å². The Labute approximate surface area is 159 Å². The van der Waals surface area contributed by atoms with E-state index in [9.17, 15) is 13.2 Å². The molecule has 5 nitrogen and oxygen atoms in total. The van der Waals surface area contributed by atoms with E-state index in [0.717, 1.165) is 18.8 Å². The molecule has 0 saturated carbocycles. The second kappa shape index (κ2) is 7.68. The molecule has 0 bridgehead atoms. The summed E-state index contributed by atoms with van der Waals surface area (Å²) in [5, 5.41) is 0.716. The molecule has 1 aliphatic heterocycles. The van der Waals surface area contributed by atoms with Crippen molar-refractivity contribution in [3.05, 3.63) is 64.7 Å². The molecular weight excluding hydrogens is 372 g/mol. The average molecular weight is 393 g/mol. The van der Waals surface area contributed by atoms with Crippen LogP contribution in [0.4, 0.5) is 5.69 Å². The first-order valence-electron chi connectivity index (χ1n) is 8.39. The lowest BCUT2D eigenvalue weighted by molar-refractivity contribution is 0.0747. The van der Waals surface area contributed by atoms with Crippen LogP contribution in [0.5, 0.6) is 0 Å². The number of rotatable bonds is 4. The molecule has 2 aromatic carbocycles. The molecule has 1 aliphatic rings. The average Bonchev–Trinajstić information content (AvgIpc) is 2.61. The maximum absolute atomic E-state index is 12.7. The van der Waals surface area contributed by atoms with Crippen LogP contribution in [0.2, 0.25) is 5.02 Å². The highest BCUT2D eigenvalue weighted by molar-refractivity contribution is 7.89. The van der Waals surface area contributed by atoms with Crippen LogP contribution in [-0.2, 0) is 15.6 Å². The number of sulfone groups is 1. The number of hydrogen-bond donors (Lipinski definition) is 0. The first kappa shape index (κ1) is 18.7. The highest BCUT2D eigenvalue weighted by Gasteiger charge is 2.23. The lowest BCUT2D eigenvalue weighted by Crippen LogP contribution is -2.48. The number of benzene rings is 2. The van der Waals surface area contributed by atoms with Crippen LogP contribution in [0.1, 0.15) is 15.9 Å². The summed E-state index contributed by atoms with van der Waals surface area (Å²) in [6.07, 6.45) is 1.20. The molecule has 0 N–H and O–H groups in total. The van der Waals surface area contributed by atoms with E-state index >= 15 is 0 Å². The van der Waals surface area contributed by atoms with Gasteiger partial charge >= 0.3 is 0 Å². The van der Waals surface area contributed by atoms with Gasteiger partial charge in [0.1, 0.15) is 0 Å². The van der Waals surface area contributed by atoms with Crippen molar-refractivity contribution in [3.8, 4) is 0 Å². The molecule has 1 saturated heterocycles. The summed E-state index contributed by atoms with van der Waals surface area (Å²) in [4.78, 5) is 16.7. The van der Waals surface area contributed by atoms with Crippen LogP contribution in [0.3, 0.4) is 0 Å². The third-order valence-electron chi connectivity index (χ3n) is 4.39. The fourth-order valence-corrected chi connectivity index (χ4v) is 4.14. The number of hydrogen-bond acceptors (Lipinski definition) is 4. The highest BCUT2D eigenvalue weighted by atomic mass is 35.5. The molecule has 1 heterocycles. The molecule has 26 heavy (non-hydrogen) atoms. The van der Waals surface area contributed by atoms with E-state index in [1.165, 1.54) is 6.26 Å². The fourth-order valence-electron chi connectivity index (χ4n) is 3.09. The van der Waals surface area contributed by atoms with Crippen molar-refractivity contribution in [1.82, 2.24) is 4.90 Å². The summed E-state index contributed by atoms with van der Waals surface area (Å²) < 4.78 is 22.7. The number of carbonyl (C=O) groups is 1. The maximum atomic E-state index is 12.7. The SMILES string of the molecule is CS(=O)(=O)Cc1ccc(C(=O)N2CCN(c3ccccc3Cl)CC2)cc1. The zero-order valence-corrected chi connectivity index (χ0v) is 16.1. The van der Waals surface area contributed by atoms with Gasteiger partial charge in [-0.2, -0.15) is 0 Å². The lowest BCUT2D eigenvalue weighted by Gasteiger charge is -2.36. The number of nitrogens with zero attached hydrogens (tertiary/aromatic N) is 2. The van der Waals surface area contributed by atoms with Gasteiger partial charge in [0.15, 0.2) is 9.84 Å². The van der Waals surface area contributed by atoms with Gasteiger partial charge in [-0.3, -0.25) is 4.79 Å². The molecule has 0 atom stereocenters.